The number of rotatable bonds is 5. The molecule has 2 aliphatic carbocycles. The quantitative estimate of drug-likeness (QED) is 0.425. The number of carbonyl (C=O) groups excluding carboxylic acids is 4. The van der Waals surface area contributed by atoms with E-state index < -0.39 is 21.7 Å². The predicted molar refractivity (Wildman–Crippen MR) is 89.3 cm³/mol. The fourth-order valence-corrected chi connectivity index (χ4v) is 6.00. The van der Waals surface area contributed by atoms with Crippen LogP contribution in [0.25, 0.3) is 0 Å². The van der Waals surface area contributed by atoms with Gasteiger partial charge in [-0.3, -0.25) is 19.2 Å². The van der Waals surface area contributed by atoms with Crippen molar-refractivity contribution in [1.29, 1.82) is 0 Å². The normalized spacial score (nSPS) is 49.1. The van der Waals surface area contributed by atoms with Gasteiger partial charge in [-0.15, -0.1) is 0 Å². The molecule has 26 heavy (non-hydrogen) atoms. The summed E-state index contributed by atoms with van der Waals surface area (Å²) in [5, 5.41) is 0. The van der Waals surface area contributed by atoms with Crippen molar-refractivity contribution >= 4 is 23.9 Å². The Labute approximate surface area is 153 Å². The highest BCUT2D eigenvalue weighted by Gasteiger charge is 2.74. The molecule has 0 amide bonds. The zero-order valence-electron chi connectivity index (χ0n) is 15.8. The zero-order valence-corrected chi connectivity index (χ0v) is 15.8. The van der Waals surface area contributed by atoms with E-state index in [1.54, 1.807) is 0 Å². The van der Waals surface area contributed by atoms with Crippen molar-refractivity contribution in [3.63, 3.8) is 0 Å². The number of hydrogen-bond acceptors (Lipinski definition) is 6. The molecule has 2 saturated heterocycles. The van der Waals surface area contributed by atoms with E-state index in [-0.39, 0.29) is 35.7 Å². The number of unbranched alkanes of at least 4 members (excludes halogenated alkanes) is 1. The third-order valence-electron chi connectivity index (χ3n) is 8.71. The highest BCUT2D eigenvalue weighted by molar-refractivity contribution is 6.04. The maximum absolute atomic E-state index is 12.1. The number of hydrogen-bond donors (Lipinski definition) is 0. The van der Waals surface area contributed by atoms with Crippen molar-refractivity contribution in [1.82, 2.24) is 0 Å². The lowest BCUT2D eigenvalue weighted by atomic mass is 9.44. The second kappa shape index (κ2) is 4.96. The lowest BCUT2D eigenvalue weighted by Gasteiger charge is -2.53. The molecule has 142 valence electrons. The molecule has 0 spiro atoms. The molecule has 0 aromatic heterocycles. The van der Waals surface area contributed by atoms with Crippen LogP contribution in [0.5, 0.6) is 0 Å². The highest BCUT2D eigenvalue weighted by Crippen LogP contribution is 2.67. The summed E-state index contributed by atoms with van der Waals surface area (Å²) < 4.78 is 9.78. The van der Waals surface area contributed by atoms with E-state index in [0.29, 0.717) is 12.8 Å². The minimum atomic E-state index is -0.688. The molecule has 4 rings (SSSR count). The van der Waals surface area contributed by atoms with E-state index in [0.717, 1.165) is 25.7 Å². The smallest absolute Gasteiger partial charge is 0.320 e. The summed E-state index contributed by atoms with van der Waals surface area (Å²) in [5.41, 5.74) is -2.70. The topological polar surface area (TPSA) is 86.7 Å². The van der Waals surface area contributed by atoms with Gasteiger partial charge in [0.2, 0.25) is 0 Å². The van der Waals surface area contributed by atoms with Gasteiger partial charge in [-0.25, -0.2) is 0 Å². The summed E-state index contributed by atoms with van der Waals surface area (Å²) in [4.78, 5) is 48.0. The Kier molecular flexibility index (Phi) is 3.37. The van der Waals surface area contributed by atoms with Gasteiger partial charge in [0.15, 0.2) is 0 Å². The molecule has 0 bridgehead atoms. The molecule has 0 aromatic carbocycles. The molecular formula is C20H26O6. The van der Waals surface area contributed by atoms with Gasteiger partial charge in [0.25, 0.3) is 0 Å². The van der Waals surface area contributed by atoms with Crippen LogP contribution < -0.4 is 0 Å². The maximum atomic E-state index is 12.1. The molecule has 6 heteroatoms. The van der Waals surface area contributed by atoms with Crippen LogP contribution in [-0.2, 0) is 28.7 Å². The van der Waals surface area contributed by atoms with Crippen LogP contribution in [0.2, 0.25) is 0 Å². The first-order valence-corrected chi connectivity index (χ1v) is 9.55. The van der Waals surface area contributed by atoms with Gasteiger partial charge in [0.05, 0.1) is 21.7 Å². The van der Waals surface area contributed by atoms with E-state index in [1.807, 2.05) is 27.7 Å². The SMILES string of the molecule is CC12CC(CCCCC3CC4(C)C(=O)OC(=O)C34C)C1(C)C(=O)OC2=O. The van der Waals surface area contributed by atoms with Crippen LogP contribution in [0.3, 0.4) is 0 Å². The van der Waals surface area contributed by atoms with Crippen LogP contribution in [0, 0.1) is 33.5 Å². The predicted octanol–water partition coefficient (Wildman–Crippen LogP) is 2.78. The van der Waals surface area contributed by atoms with Crippen LogP contribution in [0.1, 0.15) is 66.2 Å². The van der Waals surface area contributed by atoms with Crippen molar-refractivity contribution in [2.24, 2.45) is 33.5 Å². The Morgan fingerprint density at radius 2 is 1.04 bits per heavy atom. The molecule has 2 heterocycles. The van der Waals surface area contributed by atoms with Gasteiger partial charge in [-0.05, 0) is 65.2 Å². The minimum Gasteiger partial charge on any atom is -0.392 e. The molecule has 6 nitrogen and oxygen atoms in total. The molecule has 0 aromatic rings. The van der Waals surface area contributed by atoms with Crippen LogP contribution >= 0.6 is 0 Å². The highest BCUT2D eigenvalue weighted by atomic mass is 16.6. The average Bonchev–Trinajstić information content (AvgIpc) is 2.79. The molecule has 2 aliphatic heterocycles. The largest absolute Gasteiger partial charge is 0.392 e. The summed E-state index contributed by atoms with van der Waals surface area (Å²) in [7, 11) is 0. The van der Waals surface area contributed by atoms with Crippen LogP contribution in [0.4, 0.5) is 0 Å². The lowest BCUT2D eigenvalue weighted by Crippen LogP contribution is -2.57. The minimum absolute atomic E-state index is 0.173. The van der Waals surface area contributed by atoms with Crippen molar-refractivity contribution in [3.05, 3.63) is 0 Å². The lowest BCUT2D eigenvalue weighted by molar-refractivity contribution is -0.162. The van der Waals surface area contributed by atoms with E-state index in [1.165, 1.54) is 0 Å². The number of fused-ring (bicyclic) bond motifs is 2. The van der Waals surface area contributed by atoms with E-state index in [2.05, 4.69) is 0 Å². The molecule has 0 radical (unpaired) electrons. The average molecular weight is 362 g/mol. The van der Waals surface area contributed by atoms with Gasteiger partial charge in [-0.2, -0.15) is 0 Å². The first-order chi connectivity index (χ1) is 12.0. The molecule has 6 atom stereocenters. The molecule has 6 unspecified atom stereocenters. The standard InChI is InChI=1S/C20H26O6/c1-17-9-11(19(17,3)15(23)25-13(17)21)7-5-6-8-12-10-18(2)14(22)26-16(24)20(12,18)4/h11-12H,5-10H2,1-4H3. The van der Waals surface area contributed by atoms with Crippen molar-refractivity contribution in [2.75, 3.05) is 0 Å². The third kappa shape index (κ3) is 1.69. The number of ether oxygens (including phenoxy) is 2. The Bertz CT molecular complexity index is 681. The Hall–Kier alpha value is -1.72. The van der Waals surface area contributed by atoms with Gasteiger partial charge in [-0.1, -0.05) is 12.8 Å². The molecule has 2 saturated carbocycles. The maximum Gasteiger partial charge on any atom is 0.320 e. The monoisotopic (exact) mass is 362 g/mol. The number of esters is 4. The van der Waals surface area contributed by atoms with Crippen LogP contribution in [0.15, 0.2) is 0 Å². The second-order valence-electron chi connectivity index (χ2n) is 9.51. The second-order valence-corrected chi connectivity index (χ2v) is 9.51. The molecular weight excluding hydrogens is 336 g/mol. The van der Waals surface area contributed by atoms with Gasteiger partial charge >= 0.3 is 23.9 Å². The van der Waals surface area contributed by atoms with Gasteiger partial charge < -0.3 is 9.47 Å². The van der Waals surface area contributed by atoms with Crippen molar-refractivity contribution in [2.45, 2.75) is 66.2 Å². The van der Waals surface area contributed by atoms with Gasteiger partial charge in [0.1, 0.15) is 0 Å². The van der Waals surface area contributed by atoms with Crippen molar-refractivity contribution < 1.29 is 28.7 Å². The summed E-state index contributed by atoms with van der Waals surface area (Å²) in [6.07, 6.45) is 5.02. The Morgan fingerprint density at radius 3 is 1.35 bits per heavy atom. The van der Waals surface area contributed by atoms with Crippen molar-refractivity contribution in [3.8, 4) is 0 Å². The summed E-state index contributed by atoms with van der Waals surface area (Å²) in [5.74, 6) is -1.18. The van der Waals surface area contributed by atoms with Crippen LogP contribution in [-0.4, -0.2) is 23.9 Å². The van der Waals surface area contributed by atoms with E-state index in [9.17, 15) is 19.2 Å². The van der Waals surface area contributed by atoms with E-state index in [4.69, 9.17) is 9.47 Å². The first kappa shape index (κ1) is 17.7. The Balaban J connectivity index is 1.30. The molecule has 4 fully saturated rings. The Morgan fingerprint density at radius 1 is 0.692 bits per heavy atom. The summed E-state index contributed by atoms with van der Waals surface area (Å²) in [6, 6.07) is 0. The third-order valence-corrected chi connectivity index (χ3v) is 8.71. The zero-order chi connectivity index (χ0) is 19.1. The molecule has 4 aliphatic rings. The fourth-order valence-electron chi connectivity index (χ4n) is 6.00. The fraction of sp³-hybridized carbons (Fsp3) is 0.800. The van der Waals surface area contributed by atoms with Gasteiger partial charge in [0, 0.05) is 0 Å². The summed E-state index contributed by atoms with van der Waals surface area (Å²) in [6.45, 7) is 7.37. The summed E-state index contributed by atoms with van der Waals surface area (Å²) >= 11 is 0. The first-order valence-electron chi connectivity index (χ1n) is 9.55. The number of carbonyl (C=O) groups is 4. The molecule has 0 N–H and O–H groups in total. The van der Waals surface area contributed by atoms with E-state index >= 15 is 0 Å². The number of cyclic esters (lactones) is 4.